The molecule has 2 aromatic rings. The number of carbonyl (C=O) groups excluding carboxylic acids is 2. The normalized spacial score (nSPS) is 10.1. The fourth-order valence-corrected chi connectivity index (χ4v) is 2.86. The summed E-state index contributed by atoms with van der Waals surface area (Å²) in [4.78, 5) is 23.2. The zero-order valence-electron chi connectivity index (χ0n) is 11.3. The fourth-order valence-electron chi connectivity index (χ4n) is 1.71. The first-order valence-corrected chi connectivity index (χ1v) is 7.82. The summed E-state index contributed by atoms with van der Waals surface area (Å²) in [6.45, 7) is -0.285. The van der Waals surface area contributed by atoms with Gasteiger partial charge in [0.1, 0.15) is 5.75 Å². The van der Waals surface area contributed by atoms with Crippen LogP contribution in [-0.4, -0.2) is 18.4 Å². The molecule has 0 bridgehead atoms. The number of nitrogens with one attached hydrogen (secondary N) is 1. The zero-order chi connectivity index (χ0) is 16.1. The summed E-state index contributed by atoms with van der Waals surface area (Å²) in [5, 5.41) is 2.78. The van der Waals surface area contributed by atoms with Crippen LogP contribution in [0.4, 0.5) is 5.69 Å². The summed E-state index contributed by atoms with van der Waals surface area (Å²) < 4.78 is 6.88. The second-order valence-corrected chi connectivity index (χ2v) is 6.10. The molecular formula is C15H12Br2N2O3. The van der Waals surface area contributed by atoms with Crippen LogP contribution < -0.4 is 15.8 Å². The van der Waals surface area contributed by atoms with Gasteiger partial charge in [-0.1, -0.05) is 28.1 Å². The first-order valence-electron chi connectivity index (χ1n) is 6.24. The van der Waals surface area contributed by atoms with Gasteiger partial charge in [-0.2, -0.15) is 0 Å². The van der Waals surface area contributed by atoms with Crippen molar-refractivity contribution in [3.8, 4) is 5.75 Å². The predicted octanol–water partition coefficient (Wildman–Crippen LogP) is 3.33. The molecule has 0 saturated heterocycles. The van der Waals surface area contributed by atoms with E-state index in [0.29, 0.717) is 17.0 Å². The lowest BCUT2D eigenvalue weighted by Crippen LogP contribution is -2.21. The maximum atomic E-state index is 12.4. The lowest BCUT2D eigenvalue weighted by molar-refractivity contribution is -0.119. The summed E-state index contributed by atoms with van der Waals surface area (Å²) in [5.41, 5.74) is 5.99. The number of primary amides is 1. The summed E-state index contributed by atoms with van der Waals surface area (Å²) in [6.07, 6.45) is 0. The van der Waals surface area contributed by atoms with E-state index in [2.05, 4.69) is 37.2 Å². The van der Waals surface area contributed by atoms with E-state index in [9.17, 15) is 9.59 Å². The van der Waals surface area contributed by atoms with Crippen LogP contribution in [0.25, 0.3) is 0 Å². The molecule has 0 aliphatic heterocycles. The van der Waals surface area contributed by atoms with Crippen molar-refractivity contribution in [3.05, 3.63) is 57.0 Å². The Kier molecular flexibility index (Phi) is 5.57. The van der Waals surface area contributed by atoms with E-state index in [0.717, 1.165) is 8.95 Å². The number of amides is 2. The van der Waals surface area contributed by atoms with Crippen LogP contribution in [0.3, 0.4) is 0 Å². The quantitative estimate of drug-likeness (QED) is 0.767. The van der Waals surface area contributed by atoms with E-state index in [1.54, 1.807) is 30.3 Å². The maximum absolute atomic E-state index is 12.4. The Balaban J connectivity index is 2.20. The van der Waals surface area contributed by atoms with Crippen molar-refractivity contribution in [2.24, 2.45) is 5.73 Å². The third kappa shape index (κ3) is 4.32. The molecule has 5 nitrogen and oxygen atoms in total. The molecule has 0 fully saturated rings. The first-order chi connectivity index (χ1) is 10.5. The van der Waals surface area contributed by atoms with E-state index in [1.165, 1.54) is 0 Å². The van der Waals surface area contributed by atoms with Gasteiger partial charge in [0, 0.05) is 8.95 Å². The zero-order valence-corrected chi connectivity index (χ0v) is 14.5. The largest absolute Gasteiger partial charge is 0.483 e. The van der Waals surface area contributed by atoms with Gasteiger partial charge in [-0.3, -0.25) is 9.59 Å². The van der Waals surface area contributed by atoms with Crippen LogP contribution in [0, 0.1) is 0 Å². The number of hydrogen-bond donors (Lipinski definition) is 2. The average Bonchev–Trinajstić information content (AvgIpc) is 2.48. The Morgan fingerprint density at radius 1 is 1.14 bits per heavy atom. The van der Waals surface area contributed by atoms with Crippen molar-refractivity contribution in [2.45, 2.75) is 0 Å². The molecule has 0 atom stereocenters. The molecule has 2 amide bonds. The van der Waals surface area contributed by atoms with Gasteiger partial charge >= 0.3 is 0 Å². The molecule has 2 aromatic carbocycles. The molecule has 0 unspecified atom stereocenters. The molecule has 0 aliphatic carbocycles. The molecule has 0 radical (unpaired) electrons. The highest BCUT2D eigenvalue weighted by Crippen LogP contribution is 2.27. The SMILES string of the molecule is NC(=O)COc1ccccc1C(=O)Nc1ccc(Br)cc1Br. The van der Waals surface area contributed by atoms with E-state index in [-0.39, 0.29) is 12.5 Å². The number of hydrogen-bond acceptors (Lipinski definition) is 3. The van der Waals surface area contributed by atoms with Gasteiger partial charge in [0.2, 0.25) is 0 Å². The molecule has 0 saturated carbocycles. The molecule has 2 rings (SSSR count). The molecule has 3 N–H and O–H groups in total. The van der Waals surface area contributed by atoms with Gasteiger partial charge < -0.3 is 15.8 Å². The van der Waals surface area contributed by atoms with Crippen LogP contribution in [0.2, 0.25) is 0 Å². The van der Waals surface area contributed by atoms with Gasteiger partial charge in [0.05, 0.1) is 11.3 Å². The van der Waals surface area contributed by atoms with Crippen LogP contribution >= 0.6 is 31.9 Å². The number of halogens is 2. The van der Waals surface area contributed by atoms with Crippen molar-refractivity contribution in [3.63, 3.8) is 0 Å². The number of para-hydroxylation sites is 1. The second kappa shape index (κ2) is 7.42. The highest BCUT2D eigenvalue weighted by Gasteiger charge is 2.14. The smallest absolute Gasteiger partial charge is 0.259 e. The minimum Gasteiger partial charge on any atom is -0.483 e. The fraction of sp³-hybridized carbons (Fsp3) is 0.0667. The second-order valence-electron chi connectivity index (χ2n) is 4.33. The van der Waals surface area contributed by atoms with Crippen LogP contribution in [0.1, 0.15) is 10.4 Å². The lowest BCUT2D eigenvalue weighted by atomic mass is 10.2. The molecule has 0 aliphatic rings. The van der Waals surface area contributed by atoms with Crippen molar-refractivity contribution in [1.29, 1.82) is 0 Å². The van der Waals surface area contributed by atoms with Crippen molar-refractivity contribution < 1.29 is 14.3 Å². The third-order valence-corrected chi connectivity index (χ3v) is 3.83. The highest BCUT2D eigenvalue weighted by atomic mass is 79.9. The lowest BCUT2D eigenvalue weighted by Gasteiger charge is -2.11. The monoisotopic (exact) mass is 426 g/mol. The molecule has 114 valence electrons. The van der Waals surface area contributed by atoms with Crippen LogP contribution in [-0.2, 0) is 4.79 Å². The molecule has 7 heteroatoms. The van der Waals surface area contributed by atoms with Gasteiger partial charge in [-0.05, 0) is 46.3 Å². The molecule has 22 heavy (non-hydrogen) atoms. The topological polar surface area (TPSA) is 81.4 Å². The minimum absolute atomic E-state index is 0.285. The Hall–Kier alpha value is -1.86. The summed E-state index contributed by atoms with van der Waals surface area (Å²) in [7, 11) is 0. The minimum atomic E-state index is -0.606. The van der Waals surface area contributed by atoms with E-state index in [1.807, 2.05) is 12.1 Å². The molecule has 0 aromatic heterocycles. The van der Waals surface area contributed by atoms with Crippen LogP contribution in [0.15, 0.2) is 51.4 Å². The van der Waals surface area contributed by atoms with Gasteiger partial charge in [0.15, 0.2) is 6.61 Å². The standard InChI is InChI=1S/C15H12Br2N2O3/c16-9-5-6-12(11(17)7-9)19-15(21)10-3-1-2-4-13(10)22-8-14(18)20/h1-7H,8H2,(H2,18,20)(H,19,21). The number of rotatable bonds is 5. The summed E-state index contributed by atoms with van der Waals surface area (Å²) in [6, 6.07) is 12.0. The first kappa shape index (κ1) is 16.5. The van der Waals surface area contributed by atoms with E-state index in [4.69, 9.17) is 10.5 Å². The summed E-state index contributed by atoms with van der Waals surface area (Å²) in [5.74, 6) is -0.652. The van der Waals surface area contributed by atoms with Gasteiger partial charge in [-0.25, -0.2) is 0 Å². The van der Waals surface area contributed by atoms with E-state index >= 15 is 0 Å². The molecule has 0 heterocycles. The van der Waals surface area contributed by atoms with Crippen molar-refractivity contribution in [1.82, 2.24) is 0 Å². The molecule has 0 spiro atoms. The Morgan fingerprint density at radius 3 is 2.55 bits per heavy atom. The Morgan fingerprint density at radius 2 is 1.86 bits per heavy atom. The average molecular weight is 428 g/mol. The number of benzene rings is 2. The third-order valence-electron chi connectivity index (χ3n) is 2.68. The number of carbonyl (C=O) groups is 2. The van der Waals surface area contributed by atoms with Crippen molar-refractivity contribution in [2.75, 3.05) is 11.9 Å². The van der Waals surface area contributed by atoms with Crippen LogP contribution in [0.5, 0.6) is 5.75 Å². The van der Waals surface area contributed by atoms with Crippen molar-refractivity contribution >= 4 is 49.4 Å². The van der Waals surface area contributed by atoms with Gasteiger partial charge in [-0.15, -0.1) is 0 Å². The maximum Gasteiger partial charge on any atom is 0.259 e. The number of anilines is 1. The molecular weight excluding hydrogens is 416 g/mol. The predicted molar refractivity (Wildman–Crippen MR) is 90.9 cm³/mol. The van der Waals surface area contributed by atoms with E-state index < -0.39 is 5.91 Å². The Bertz CT molecular complexity index is 720. The summed E-state index contributed by atoms with van der Waals surface area (Å²) >= 11 is 6.73. The Labute approximate surface area is 144 Å². The van der Waals surface area contributed by atoms with Gasteiger partial charge in [0.25, 0.3) is 11.8 Å². The number of nitrogens with two attached hydrogens (primary N) is 1. The highest BCUT2D eigenvalue weighted by molar-refractivity contribution is 9.11. The number of ether oxygens (including phenoxy) is 1.